The maximum absolute atomic E-state index is 13.6. The minimum absolute atomic E-state index is 0.0726. The summed E-state index contributed by atoms with van der Waals surface area (Å²) in [6.07, 6.45) is 1.29. The number of fused-ring (bicyclic) bond motifs is 1. The molecule has 2 aliphatic rings. The first-order chi connectivity index (χ1) is 15.2. The Morgan fingerprint density at radius 3 is 2.44 bits per heavy atom. The summed E-state index contributed by atoms with van der Waals surface area (Å²) in [6.45, 7) is 4.13. The van der Waals surface area contributed by atoms with E-state index < -0.39 is 0 Å². The Labute approximate surface area is 197 Å². The molecule has 1 heterocycles. The van der Waals surface area contributed by atoms with Crippen molar-refractivity contribution in [2.24, 2.45) is 5.41 Å². The highest BCUT2D eigenvalue weighted by molar-refractivity contribution is 6.44. The Kier molecular flexibility index (Phi) is 5.15. The molecule has 3 nitrogen and oxygen atoms in total. The number of hydrogen-bond donors (Lipinski definition) is 0. The maximum atomic E-state index is 13.6. The van der Waals surface area contributed by atoms with Crippen LogP contribution in [-0.2, 0) is 9.59 Å². The van der Waals surface area contributed by atoms with Crippen LogP contribution < -0.4 is 4.90 Å². The number of amides is 1. The number of rotatable bonds is 2. The molecule has 32 heavy (non-hydrogen) atoms. The average Bonchev–Trinajstić information content (AvgIpc) is 2.74. The highest BCUT2D eigenvalue weighted by atomic mass is 35.5. The van der Waals surface area contributed by atoms with Crippen LogP contribution in [0, 0.1) is 5.41 Å². The molecular formula is C27H23Cl2NO2. The summed E-state index contributed by atoms with van der Waals surface area (Å²) in [5.41, 5.74) is 2.78. The predicted molar refractivity (Wildman–Crippen MR) is 130 cm³/mol. The van der Waals surface area contributed by atoms with Gasteiger partial charge in [-0.15, -0.1) is 0 Å². The lowest BCUT2D eigenvalue weighted by molar-refractivity contribution is -0.121. The molecule has 5 rings (SSSR count). The molecular weight excluding hydrogens is 441 g/mol. The van der Waals surface area contributed by atoms with Crippen LogP contribution in [0.2, 0.25) is 10.0 Å². The molecule has 0 fully saturated rings. The van der Waals surface area contributed by atoms with Crippen molar-refractivity contribution < 1.29 is 9.59 Å². The first-order valence-corrected chi connectivity index (χ1v) is 11.5. The molecule has 1 atom stereocenters. The van der Waals surface area contributed by atoms with Crippen molar-refractivity contribution in [2.75, 3.05) is 4.90 Å². The molecule has 3 aromatic carbocycles. The van der Waals surface area contributed by atoms with Gasteiger partial charge in [0.25, 0.3) is 0 Å². The topological polar surface area (TPSA) is 37.4 Å². The molecule has 0 spiro atoms. The van der Waals surface area contributed by atoms with E-state index in [9.17, 15) is 9.59 Å². The Morgan fingerprint density at radius 2 is 1.66 bits per heavy atom. The molecule has 3 aromatic rings. The van der Waals surface area contributed by atoms with Gasteiger partial charge in [0.05, 0.1) is 15.7 Å². The summed E-state index contributed by atoms with van der Waals surface area (Å²) >= 11 is 12.8. The summed E-state index contributed by atoms with van der Waals surface area (Å²) in [5.74, 6) is -0.235. The van der Waals surface area contributed by atoms with Crippen molar-refractivity contribution in [1.82, 2.24) is 0 Å². The van der Waals surface area contributed by atoms with Gasteiger partial charge in [-0.05, 0) is 40.3 Å². The number of hydrogen-bond acceptors (Lipinski definition) is 2. The smallest absolute Gasteiger partial charge is 0.232 e. The second-order valence-corrected chi connectivity index (χ2v) is 10.3. The number of benzene rings is 3. The van der Waals surface area contributed by atoms with Gasteiger partial charge in [0.1, 0.15) is 0 Å². The SMILES string of the molecule is CC1(C)CC(=O)C2=C(C1)N(c1cccc(Cl)c1Cl)C(=O)CC2c1ccc2ccccc2c1. The number of carbonyl (C=O) groups excluding carboxylic acids is 2. The van der Waals surface area contributed by atoms with E-state index in [1.165, 1.54) is 0 Å². The average molecular weight is 464 g/mol. The third kappa shape index (κ3) is 3.54. The van der Waals surface area contributed by atoms with Gasteiger partial charge in [-0.3, -0.25) is 14.5 Å². The van der Waals surface area contributed by atoms with E-state index in [-0.39, 0.29) is 29.4 Å². The summed E-state index contributed by atoms with van der Waals surface area (Å²) in [5, 5.41) is 2.95. The van der Waals surface area contributed by atoms with E-state index in [2.05, 4.69) is 38.1 Å². The van der Waals surface area contributed by atoms with Crippen LogP contribution >= 0.6 is 23.2 Å². The van der Waals surface area contributed by atoms with Crippen LogP contribution in [-0.4, -0.2) is 11.7 Å². The third-order valence-electron chi connectivity index (χ3n) is 6.49. The fourth-order valence-corrected chi connectivity index (χ4v) is 5.45. The molecule has 5 heteroatoms. The molecule has 1 aliphatic heterocycles. The quantitative estimate of drug-likeness (QED) is 0.399. The standard InChI is InChI=1S/C27H23Cl2NO2/c1-27(2)14-22-25(23(31)15-27)19(18-11-10-16-6-3-4-7-17(16)12-18)13-24(32)30(22)21-9-5-8-20(28)26(21)29/h3-12,19H,13-15H2,1-2H3. The molecule has 0 radical (unpaired) electrons. The summed E-state index contributed by atoms with van der Waals surface area (Å²) in [4.78, 5) is 28.7. The van der Waals surface area contributed by atoms with Crippen LogP contribution in [0.25, 0.3) is 10.8 Å². The van der Waals surface area contributed by atoms with Crippen LogP contribution in [0.1, 0.15) is 44.6 Å². The van der Waals surface area contributed by atoms with E-state index in [1.807, 2.05) is 18.2 Å². The monoisotopic (exact) mass is 463 g/mol. The lowest BCUT2D eigenvalue weighted by Crippen LogP contribution is -2.43. The van der Waals surface area contributed by atoms with E-state index in [0.29, 0.717) is 28.6 Å². The van der Waals surface area contributed by atoms with Crippen molar-refractivity contribution >= 4 is 51.4 Å². The first kappa shape index (κ1) is 21.2. The van der Waals surface area contributed by atoms with E-state index >= 15 is 0 Å². The second kappa shape index (κ2) is 7.75. The van der Waals surface area contributed by atoms with Gasteiger partial charge in [0, 0.05) is 30.0 Å². The van der Waals surface area contributed by atoms with Gasteiger partial charge in [0.2, 0.25) is 5.91 Å². The maximum Gasteiger partial charge on any atom is 0.232 e. The first-order valence-electron chi connectivity index (χ1n) is 10.8. The number of ketones is 1. The van der Waals surface area contributed by atoms with Crippen LogP contribution in [0.4, 0.5) is 5.69 Å². The van der Waals surface area contributed by atoms with Gasteiger partial charge >= 0.3 is 0 Å². The molecule has 1 aliphatic carbocycles. The van der Waals surface area contributed by atoms with Crippen LogP contribution in [0.3, 0.4) is 0 Å². The molecule has 0 saturated heterocycles. The Hall–Kier alpha value is -2.62. The van der Waals surface area contributed by atoms with Gasteiger partial charge < -0.3 is 0 Å². The molecule has 0 bridgehead atoms. The van der Waals surface area contributed by atoms with Crippen molar-refractivity contribution in [2.45, 2.75) is 39.0 Å². The molecule has 0 N–H and O–H groups in total. The van der Waals surface area contributed by atoms with Gasteiger partial charge in [-0.1, -0.05) is 85.6 Å². The summed E-state index contributed by atoms with van der Waals surface area (Å²) in [6, 6.07) is 19.6. The highest BCUT2D eigenvalue weighted by Crippen LogP contribution is 2.49. The zero-order valence-corrected chi connectivity index (χ0v) is 19.5. The fourth-order valence-electron chi connectivity index (χ4n) is 5.07. The number of allylic oxidation sites excluding steroid dienone is 2. The molecule has 1 unspecified atom stereocenters. The zero-order valence-electron chi connectivity index (χ0n) is 18.0. The Bertz CT molecular complexity index is 1310. The predicted octanol–water partition coefficient (Wildman–Crippen LogP) is 7.31. The summed E-state index contributed by atoms with van der Waals surface area (Å²) in [7, 11) is 0. The lowest BCUT2D eigenvalue weighted by Gasteiger charge is -2.43. The van der Waals surface area contributed by atoms with Crippen LogP contribution in [0.15, 0.2) is 71.9 Å². The largest absolute Gasteiger partial charge is 0.294 e. The normalized spacial score (nSPS) is 20.6. The number of carbonyl (C=O) groups is 2. The van der Waals surface area contributed by atoms with Crippen molar-refractivity contribution in [1.29, 1.82) is 0 Å². The fraction of sp³-hybridized carbons (Fsp3) is 0.259. The van der Waals surface area contributed by atoms with Gasteiger partial charge in [0.15, 0.2) is 5.78 Å². The molecule has 1 amide bonds. The third-order valence-corrected chi connectivity index (χ3v) is 7.30. The Balaban J connectivity index is 1.71. The minimum atomic E-state index is -0.264. The minimum Gasteiger partial charge on any atom is -0.294 e. The number of halogens is 2. The number of nitrogens with zero attached hydrogens (tertiary/aromatic N) is 1. The van der Waals surface area contributed by atoms with Gasteiger partial charge in [-0.25, -0.2) is 0 Å². The highest BCUT2D eigenvalue weighted by Gasteiger charge is 2.44. The number of anilines is 1. The van der Waals surface area contributed by atoms with Crippen molar-refractivity contribution in [3.05, 3.63) is 87.5 Å². The summed E-state index contributed by atoms with van der Waals surface area (Å²) < 4.78 is 0. The molecule has 0 aromatic heterocycles. The van der Waals surface area contributed by atoms with Crippen LogP contribution in [0.5, 0.6) is 0 Å². The second-order valence-electron chi connectivity index (χ2n) is 9.47. The van der Waals surface area contributed by atoms with E-state index in [1.54, 1.807) is 23.1 Å². The Morgan fingerprint density at radius 1 is 0.906 bits per heavy atom. The molecule has 0 saturated carbocycles. The molecule has 162 valence electrons. The van der Waals surface area contributed by atoms with Crippen molar-refractivity contribution in [3.63, 3.8) is 0 Å². The van der Waals surface area contributed by atoms with E-state index in [4.69, 9.17) is 23.2 Å². The zero-order chi connectivity index (χ0) is 22.6. The van der Waals surface area contributed by atoms with Gasteiger partial charge in [-0.2, -0.15) is 0 Å². The lowest BCUT2D eigenvalue weighted by atomic mass is 9.69. The van der Waals surface area contributed by atoms with E-state index in [0.717, 1.165) is 27.6 Å². The number of Topliss-reactive ketones (excluding diaryl/α,β-unsaturated/α-hetero) is 1. The van der Waals surface area contributed by atoms with Crippen molar-refractivity contribution in [3.8, 4) is 0 Å².